The molecular formula is C17H28N3O4S+. The first-order valence-corrected chi connectivity index (χ1v) is 9.88. The van der Waals surface area contributed by atoms with Gasteiger partial charge in [-0.3, -0.25) is 4.79 Å². The van der Waals surface area contributed by atoms with E-state index in [0.29, 0.717) is 5.69 Å². The molecule has 25 heavy (non-hydrogen) atoms. The molecule has 2 N–H and O–H groups in total. The summed E-state index contributed by atoms with van der Waals surface area (Å²) in [5.74, 6) is -0.129. The van der Waals surface area contributed by atoms with Crippen molar-refractivity contribution < 1.29 is 22.8 Å². The highest BCUT2D eigenvalue weighted by Gasteiger charge is 2.33. The van der Waals surface area contributed by atoms with Gasteiger partial charge in [0, 0.05) is 19.8 Å². The fourth-order valence-electron chi connectivity index (χ4n) is 3.05. The van der Waals surface area contributed by atoms with Crippen LogP contribution in [0, 0.1) is 0 Å². The summed E-state index contributed by atoms with van der Waals surface area (Å²) in [5.41, 5.74) is 0.480. The molecule has 2 rings (SSSR count). The number of rotatable bonds is 5. The average Bonchev–Trinajstić information content (AvgIpc) is 2.53. The molecule has 1 aromatic rings. The first-order chi connectivity index (χ1) is 11.6. The molecule has 1 saturated heterocycles. The van der Waals surface area contributed by atoms with Gasteiger partial charge in [-0.25, -0.2) is 12.7 Å². The van der Waals surface area contributed by atoms with E-state index in [-0.39, 0.29) is 29.1 Å². The van der Waals surface area contributed by atoms with E-state index in [9.17, 15) is 13.2 Å². The Balaban J connectivity index is 2.10. The van der Waals surface area contributed by atoms with E-state index >= 15 is 0 Å². The highest BCUT2D eigenvalue weighted by atomic mass is 32.2. The molecule has 1 unspecified atom stereocenters. The van der Waals surface area contributed by atoms with Crippen molar-refractivity contribution in [3.8, 4) is 0 Å². The third kappa shape index (κ3) is 4.78. The Kier molecular flexibility index (Phi) is 6.21. The quantitative estimate of drug-likeness (QED) is 0.762. The van der Waals surface area contributed by atoms with Gasteiger partial charge >= 0.3 is 0 Å². The monoisotopic (exact) mass is 370 g/mol. The molecule has 0 radical (unpaired) electrons. The third-order valence-electron chi connectivity index (χ3n) is 4.45. The first-order valence-electron chi connectivity index (χ1n) is 8.44. The van der Waals surface area contributed by atoms with Gasteiger partial charge in [0.2, 0.25) is 10.0 Å². The van der Waals surface area contributed by atoms with Gasteiger partial charge in [-0.2, -0.15) is 0 Å². The summed E-state index contributed by atoms with van der Waals surface area (Å²) in [6.45, 7) is 7.45. The molecule has 0 bridgehead atoms. The largest absolute Gasteiger partial charge is 0.364 e. The fraction of sp³-hybridized carbons (Fsp3) is 0.588. The number of hydrogen-bond acceptors (Lipinski definition) is 4. The molecule has 1 aromatic carbocycles. The van der Waals surface area contributed by atoms with Gasteiger partial charge in [0.05, 0.1) is 4.90 Å². The lowest BCUT2D eigenvalue weighted by Crippen LogP contribution is -3.19. The summed E-state index contributed by atoms with van der Waals surface area (Å²) < 4.78 is 31.3. The van der Waals surface area contributed by atoms with Gasteiger partial charge in [-0.05, 0) is 39.0 Å². The first kappa shape index (κ1) is 19.8. The Morgan fingerprint density at radius 3 is 2.44 bits per heavy atom. The average molecular weight is 370 g/mol. The molecule has 1 heterocycles. The highest BCUT2D eigenvalue weighted by molar-refractivity contribution is 7.89. The van der Waals surface area contributed by atoms with Crippen LogP contribution in [-0.4, -0.2) is 64.1 Å². The number of sulfonamides is 1. The zero-order chi connectivity index (χ0) is 18.8. The number of benzene rings is 1. The Labute approximate surface area is 150 Å². The molecule has 0 aromatic heterocycles. The van der Waals surface area contributed by atoms with Crippen LogP contribution in [0.4, 0.5) is 5.69 Å². The van der Waals surface area contributed by atoms with Crippen molar-refractivity contribution in [2.75, 3.05) is 32.5 Å². The van der Waals surface area contributed by atoms with Crippen LogP contribution in [0.2, 0.25) is 0 Å². The van der Waals surface area contributed by atoms with Gasteiger partial charge in [-0.15, -0.1) is 0 Å². The second kappa shape index (κ2) is 7.82. The van der Waals surface area contributed by atoms with Crippen molar-refractivity contribution in [1.29, 1.82) is 0 Å². The molecule has 0 saturated carbocycles. The summed E-state index contributed by atoms with van der Waals surface area (Å²) in [6.07, 6.45) is 0.227. The van der Waals surface area contributed by atoms with E-state index in [1.165, 1.54) is 31.1 Å². The minimum absolute atomic E-state index is 0.113. The standard InChI is InChI=1S/C17H27N3O4S/c1-12-10-20(11-13(2)24-12)14(3)17(21)18-15-7-6-8-16(9-15)25(22,23)19(4)5/h6-9,12-14H,10-11H2,1-5H3,(H,18,21)/p+1/t12-,13+,14-/m0/s1. The predicted molar refractivity (Wildman–Crippen MR) is 96.1 cm³/mol. The van der Waals surface area contributed by atoms with Crippen LogP contribution < -0.4 is 10.2 Å². The summed E-state index contributed by atoms with van der Waals surface area (Å²) in [4.78, 5) is 13.9. The number of quaternary nitrogens is 1. The zero-order valence-electron chi connectivity index (χ0n) is 15.4. The number of ether oxygens (including phenoxy) is 1. The molecule has 1 aliphatic rings. The van der Waals surface area contributed by atoms with Crippen LogP contribution in [0.3, 0.4) is 0 Å². The van der Waals surface area contributed by atoms with Crippen molar-refractivity contribution in [1.82, 2.24) is 4.31 Å². The van der Waals surface area contributed by atoms with Crippen molar-refractivity contribution in [2.45, 2.75) is 43.9 Å². The van der Waals surface area contributed by atoms with Crippen molar-refractivity contribution >= 4 is 21.6 Å². The van der Waals surface area contributed by atoms with Crippen LogP contribution in [0.5, 0.6) is 0 Å². The second-order valence-corrected chi connectivity index (χ2v) is 9.00. The molecule has 1 fully saturated rings. The van der Waals surface area contributed by atoms with Gasteiger partial charge in [-0.1, -0.05) is 6.07 Å². The van der Waals surface area contributed by atoms with E-state index in [0.717, 1.165) is 17.4 Å². The molecular weight excluding hydrogens is 342 g/mol. The Hall–Kier alpha value is -1.48. The summed E-state index contributed by atoms with van der Waals surface area (Å²) in [7, 11) is -0.572. The van der Waals surface area contributed by atoms with E-state index < -0.39 is 10.0 Å². The molecule has 0 spiro atoms. The highest BCUT2D eigenvalue weighted by Crippen LogP contribution is 2.18. The van der Waals surface area contributed by atoms with Crippen molar-refractivity contribution in [3.05, 3.63) is 24.3 Å². The summed E-state index contributed by atoms with van der Waals surface area (Å²) >= 11 is 0. The number of hydrogen-bond donors (Lipinski definition) is 2. The van der Waals surface area contributed by atoms with E-state index in [1.807, 2.05) is 20.8 Å². The maximum Gasteiger partial charge on any atom is 0.282 e. The summed E-state index contributed by atoms with van der Waals surface area (Å²) in [6, 6.07) is 6.08. The normalized spacial score (nSPS) is 25.6. The number of carbonyl (C=O) groups is 1. The maximum absolute atomic E-state index is 12.6. The smallest absolute Gasteiger partial charge is 0.282 e. The van der Waals surface area contributed by atoms with Crippen LogP contribution in [-0.2, 0) is 19.6 Å². The van der Waals surface area contributed by atoms with Gasteiger partial charge in [0.15, 0.2) is 6.04 Å². The lowest BCUT2D eigenvalue weighted by atomic mass is 10.1. The minimum atomic E-state index is -3.53. The van der Waals surface area contributed by atoms with Crippen LogP contribution in [0.15, 0.2) is 29.2 Å². The molecule has 1 amide bonds. The fourth-order valence-corrected chi connectivity index (χ4v) is 4.00. The Morgan fingerprint density at radius 1 is 1.28 bits per heavy atom. The van der Waals surface area contributed by atoms with Crippen LogP contribution in [0.25, 0.3) is 0 Å². The molecule has 1 aliphatic heterocycles. The molecule has 8 heteroatoms. The zero-order valence-corrected chi connectivity index (χ0v) is 16.3. The van der Waals surface area contributed by atoms with E-state index in [1.54, 1.807) is 12.1 Å². The maximum atomic E-state index is 12.6. The van der Waals surface area contributed by atoms with Crippen LogP contribution in [0.1, 0.15) is 20.8 Å². The number of nitrogens with one attached hydrogen (secondary N) is 2. The topological polar surface area (TPSA) is 80.2 Å². The van der Waals surface area contributed by atoms with Crippen LogP contribution >= 0.6 is 0 Å². The van der Waals surface area contributed by atoms with Crippen molar-refractivity contribution in [3.63, 3.8) is 0 Å². The molecule has 140 valence electrons. The molecule has 4 atom stereocenters. The number of amides is 1. The van der Waals surface area contributed by atoms with E-state index in [2.05, 4.69) is 5.32 Å². The number of morpholine rings is 1. The Bertz CT molecular complexity index is 710. The predicted octanol–water partition coefficient (Wildman–Crippen LogP) is -0.0440. The molecule has 0 aliphatic carbocycles. The lowest BCUT2D eigenvalue weighted by Gasteiger charge is -2.35. The SMILES string of the molecule is C[C@@H]1C[NH+]([C@@H](C)C(=O)Nc2cccc(S(=O)(=O)N(C)C)c2)C[C@H](C)O1. The number of nitrogens with zero attached hydrogens (tertiary/aromatic N) is 1. The molecule has 7 nitrogen and oxygen atoms in total. The number of carbonyl (C=O) groups excluding carboxylic acids is 1. The van der Waals surface area contributed by atoms with Gasteiger partial charge < -0.3 is 15.0 Å². The Morgan fingerprint density at radius 2 is 1.88 bits per heavy atom. The minimum Gasteiger partial charge on any atom is -0.364 e. The lowest BCUT2D eigenvalue weighted by molar-refractivity contribution is -0.928. The second-order valence-electron chi connectivity index (χ2n) is 6.85. The number of anilines is 1. The third-order valence-corrected chi connectivity index (χ3v) is 6.26. The van der Waals surface area contributed by atoms with Gasteiger partial charge in [0.1, 0.15) is 25.3 Å². The van der Waals surface area contributed by atoms with Crippen molar-refractivity contribution in [2.24, 2.45) is 0 Å². The van der Waals surface area contributed by atoms with Gasteiger partial charge in [0.25, 0.3) is 5.91 Å². The van der Waals surface area contributed by atoms with E-state index in [4.69, 9.17) is 4.74 Å². The summed E-state index contributed by atoms with van der Waals surface area (Å²) in [5, 5.41) is 2.84.